The molecule has 0 aliphatic heterocycles. The first kappa shape index (κ1) is 6.08. The van der Waals surface area contributed by atoms with E-state index in [1.165, 1.54) is 9.15 Å². The van der Waals surface area contributed by atoms with Crippen LogP contribution in [0.15, 0.2) is 34.0 Å². The molecule has 8 heavy (non-hydrogen) atoms. The summed E-state index contributed by atoms with van der Waals surface area (Å²) < 4.78 is 1.28. The van der Waals surface area contributed by atoms with E-state index in [0.717, 1.165) is 6.42 Å². The lowest BCUT2D eigenvalue weighted by Gasteiger charge is -1.99. The summed E-state index contributed by atoms with van der Waals surface area (Å²) in [5, 5.41) is 0. The second kappa shape index (κ2) is 2.49. The minimum Gasteiger partial charge on any atom is -0.0955 e. The van der Waals surface area contributed by atoms with Crippen LogP contribution in [0.4, 0.5) is 0 Å². The van der Waals surface area contributed by atoms with Crippen molar-refractivity contribution < 1.29 is 0 Å². The first-order valence-electron chi connectivity index (χ1n) is 2.50. The molecule has 0 radical (unpaired) electrons. The second-order valence-electron chi connectivity index (χ2n) is 1.79. The van der Waals surface area contributed by atoms with Gasteiger partial charge in [-0.2, -0.15) is 0 Å². The minimum atomic E-state index is 1.02. The van der Waals surface area contributed by atoms with E-state index in [1.54, 1.807) is 0 Å². The van der Waals surface area contributed by atoms with Crippen molar-refractivity contribution in [3.05, 3.63) is 34.0 Å². The molecule has 0 fully saturated rings. The molecule has 0 aromatic carbocycles. The monoisotopic (exact) mass is 218 g/mol. The highest BCUT2D eigenvalue weighted by molar-refractivity contribution is 14.1. The third-order valence-corrected chi connectivity index (χ3v) is 1.67. The smallest absolute Gasteiger partial charge is 0.0129 e. The van der Waals surface area contributed by atoms with Gasteiger partial charge in [0.25, 0.3) is 0 Å². The van der Waals surface area contributed by atoms with Gasteiger partial charge in [0, 0.05) is 3.58 Å². The SMILES string of the molecule is C=C1C=C(I)C=CC1. The molecule has 0 amide bonds. The fourth-order valence-corrected chi connectivity index (χ4v) is 1.32. The maximum atomic E-state index is 3.83. The largest absolute Gasteiger partial charge is 0.0955 e. The lowest BCUT2D eigenvalue weighted by molar-refractivity contribution is 1.28. The number of rotatable bonds is 0. The molecule has 0 heterocycles. The van der Waals surface area contributed by atoms with Crippen molar-refractivity contribution in [3.63, 3.8) is 0 Å². The lowest BCUT2D eigenvalue weighted by Crippen LogP contribution is -1.78. The molecule has 1 aliphatic carbocycles. The highest BCUT2D eigenvalue weighted by Crippen LogP contribution is 2.18. The van der Waals surface area contributed by atoms with Crippen LogP contribution in [0.5, 0.6) is 0 Å². The van der Waals surface area contributed by atoms with Crippen LogP contribution in [0.25, 0.3) is 0 Å². The summed E-state index contributed by atoms with van der Waals surface area (Å²) in [6.07, 6.45) is 7.35. The predicted molar refractivity (Wildman–Crippen MR) is 45.0 cm³/mol. The molecule has 0 saturated heterocycles. The normalized spacial score (nSPS) is 18.6. The Hall–Kier alpha value is -0.0500. The molecule has 1 rings (SSSR count). The first-order valence-corrected chi connectivity index (χ1v) is 3.58. The van der Waals surface area contributed by atoms with Crippen LogP contribution in [0.1, 0.15) is 6.42 Å². The highest BCUT2D eigenvalue weighted by atomic mass is 127. The van der Waals surface area contributed by atoms with E-state index in [9.17, 15) is 0 Å². The molecule has 0 saturated carbocycles. The van der Waals surface area contributed by atoms with Crippen molar-refractivity contribution in [1.82, 2.24) is 0 Å². The molecule has 0 unspecified atom stereocenters. The van der Waals surface area contributed by atoms with Gasteiger partial charge >= 0.3 is 0 Å². The summed E-state index contributed by atoms with van der Waals surface area (Å²) in [7, 11) is 0. The van der Waals surface area contributed by atoms with Crippen LogP contribution >= 0.6 is 22.6 Å². The van der Waals surface area contributed by atoms with E-state index in [0.29, 0.717) is 0 Å². The van der Waals surface area contributed by atoms with E-state index < -0.39 is 0 Å². The van der Waals surface area contributed by atoms with Crippen molar-refractivity contribution >= 4 is 22.6 Å². The number of halogens is 1. The summed E-state index contributed by atoms with van der Waals surface area (Å²) in [5.74, 6) is 0. The third-order valence-electron chi connectivity index (χ3n) is 0.999. The average molecular weight is 218 g/mol. The molecule has 0 nitrogen and oxygen atoms in total. The molecule has 1 heteroatoms. The van der Waals surface area contributed by atoms with Gasteiger partial charge in [-0.25, -0.2) is 0 Å². The van der Waals surface area contributed by atoms with Crippen molar-refractivity contribution in [2.75, 3.05) is 0 Å². The highest BCUT2D eigenvalue weighted by Gasteiger charge is 1.93. The molecule has 0 spiro atoms. The van der Waals surface area contributed by atoms with Crippen molar-refractivity contribution in [1.29, 1.82) is 0 Å². The first-order chi connectivity index (χ1) is 3.79. The maximum absolute atomic E-state index is 3.83. The number of hydrogen-bond acceptors (Lipinski definition) is 0. The Morgan fingerprint density at radius 3 is 2.75 bits per heavy atom. The van der Waals surface area contributed by atoms with Gasteiger partial charge in [-0.05, 0) is 35.1 Å². The van der Waals surface area contributed by atoms with Crippen LogP contribution in [0, 0.1) is 0 Å². The van der Waals surface area contributed by atoms with E-state index in [2.05, 4.69) is 47.4 Å². The standard InChI is InChI=1S/C7H7I/c1-6-3-2-4-7(8)5-6/h2,4-5H,1,3H2. The van der Waals surface area contributed by atoms with Crippen molar-refractivity contribution in [3.8, 4) is 0 Å². The molecule has 1 aliphatic rings. The van der Waals surface area contributed by atoms with Crippen LogP contribution in [0.3, 0.4) is 0 Å². The van der Waals surface area contributed by atoms with Crippen molar-refractivity contribution in [2.24, 2.45) is 0 Å². The summed E-state index contributed by atoms with van der Waals surface area (Å²) in [6.45, 7) is 3.83. The Kier molecular flexibility index (Phi) is 1.89. The zero-order valence-electron chi connectivity index (χ0n) is 4.52. The van der Waals surface area contributed by atoms with Gasteiger partial charge in [0.15, 0.2) is 0 Å². The number of allylic oxidation sites excluding steroid dienone is 5. The molecular weight excluding hydrogens is 211 g/mol. The Morgan fingerprint density at radius 2 is 2.38 bits per heavy atom. The van der Waals surface area contributed by atoms with Gasteiger partial charge in [-0.15, -0.1) is 0 Å². The van der Waals surface area contributed by atoms with Crippen molar-refractivity contribution in [2.45, 2.75) is 6.42 Å². The zero-order chi connectivity index (χ0) is 5.98. The summed E-state index contributed by atoms with van der Waals surface area (Å²) >= 11 is 2.29. The van der Waals surface area contributed by atoms with E-state index in [1.807, 2.05) is 0 Å². The van der Waals surface area contributed by atoms with Gasteiger partial charge in [0.2, 0.25) is 0 Å². The lowest BCUT2D eigenvalue weighted by atomic mass is 10.1. The second-order valence-corrected chi connectivity index (χ2v) is 3.04. The van der Waals surface area contributed by atoms with Crippen LogP contribution in [0.2, 0.25) is 0 Å². The Labute approximate surface area is 63.1 Å². The van der Waals surface area contributed by atoms with Gasteiger partial charge < -0.3 is 0 Å². The zero-order valence-corrected chi connectivity index (χ0v) is 6.68. The predicted octanol–water partition coefficient (Wildman–Crippen LogP) is 2.82. The third kappa shape index (κ3) is 1.47. The fourth-order valence-electron chi connectivity index (χ4n) is 0.625. The van der Waals surface area contributed by atoms with E-state index in [-0.39, 0.29) is 0 Å². The molecule has 0 aromatic rings. The average Bonchev–Trinajstić information content (AvgIpc) is 1.64. The molecule has 0 atom stereocenters. The topological polar surface area (TPSA) is 0 Å². The van der Waals surface area contributed by atoms with Gasteiger partial charge in [0.05, 0.1) is 0 Å². The molecule has 42 valence electrons. The molecule has 0 bridgehead atoms. The molecule has 0 aromatic heterocycles. The maximum Gasteiger partial charge on any atom is 0.0129 e. The number of hydrogen-bond donors (Lipinski definition) is 0. The summed E-state index contributed by atoms with van der Waals surface area (Å²) in [6, 6.07) is 0. The minimum absolute atomic E-state index is 1.02. The Bertz CT molecular complexity index is 163. The van der Waals surface area contributed by atoms with Gasteiger partial charge in [0.1, 0.15) is 0 Å². The Morgan fingerprint density at radius 1 is 1.62 bits per heavy atom. The summed E-state index contributed by atoms with van der Waals surface area (Å²) in [5.41, 5.74) is 1.21. The molecule has 0 N–H and O–H groups in total. The van der Waals surface area contributed by atoms with Gasteiger partial charge in [-0.3, -0.25) is 0 Å². The van der Waals surface area contributed by atoms with E-state index >= 15 is 0 Å². The molecular formula is C7H7I. The van der Waals surface area contributed by atoms with E-state index in [4.69, 9.17) is 0 Å². The van der Waals surface area contributed by atoms with Crippen LogP contribution < -0.4 is 0 Å². The van der Waals surface area contributed by atoms with Crippen LogP contribution in [-0.2, 0) is 0 Å². The fraction of sp³-hybridized carbons (Fsp3) is 0.143. The van der Waals surface area contributed by atoms with Crippen LogP contribution in [-0.4, -0.2) is 0 Å². The summed E-state index contributed by atoms with van der Waals surface area (Å²) in [4.78, 5) is 0. The Balaban J connectivity index is 2.77. The van der Waals surface area contributed by atoms with Gasteiger partial charge in [-0.1, -0.05) is 24.3 Å². The quantitative estimate of drug-likeness (QED) is 0.548.